The molecule has 0 atom stereocenters. The van der Waals surface area contributed by atoms with Crippen molar-refractivity contribution in [3.63, 3.8) is 0 Å². The molecule has 2 heterocycles. The molecule has 3 heteroatoms. The highest BCUT2D eigenvalue weighted by atomic mass is 16.3. The van der Waals surface area contributed by atoms with Crippen LogP contribution in [0.25, 0.3) is 17.5 Å². The normalized spacial score (nSPS) is 9.85. The summed E-state index contributed by atoms with van der Waals surface area (Å²) in [6.07, 6.45) is 4.73. The van der Waals surface area contributed by atoms with Crippen LogP contribution >= 0.6 is 0 Å². The Kier molecular flexibility index (Phi) is 1.92. The van der Waals surface area contributed by atoms with Gasteiger partial charge in [0.15, 0.2) is 12.2 Å². The third-order valence-electron chi connectivity index (χ3n) is 1.69. The molecule has 0 aliphatic carbocycles. The van der Waals surface area contributed by atoms with E-state index in [2.05, 4.69) is 16.5 Å². The fourth-order valence-electron chi connectivity index (χ4n) is 1.10. The number of hydrogen-bond donors (Lipinski definition) is 0. The minimum absolute atomic E-state index is 0.652. The summed E-state index contributed by atoms with van der Waals surface area (Å²) in [4.78, 5) is 8.22. The molecule has 0 aliphatic rings. The second-order valence-electron chi connectivity index (χ2n) is 2.48. The Morgan fingerprint density at radius 1 is 1.31 bits per heavy atom. The average Bonchev–Trinajstić information content (AvgIpc) is 2.67. The topological polar surface area (TPSA) is 38.9 Å². The van der Waals surface area contributed by atoms with Gasteiger partial charge >= 0.3 is 0 Å². The Bertz CT molecular complexity index is 406. The van der Waals surface area contributed by atoms with Gasteiger partial charge in [-0.15, -0.1) is 0 Å². The molecule has 0 N–H and O–H groups in total. The van der Waals surface area contributed by atoms with Gasteiger partial charge in [-0.05, 0) is 18.2 Å². The van der Waals surface area contributed by atoms with Gasteiger partial charge in [0, 0.05) is 6.20 Å². The highest BCUT2D eigenvalue weighted by Crippen LogP contribution is 2.19. The van der Waals surface area contributed by atoms with Crippen LogP contribution in [0, 0.1) is 0 Å². The van der Waals surface area contributed by atoms with Gasteiger partial charge in [-0.3, -0.25) is 4.98 Å². The van der Waals surface area contributed by atoms with E-state index in [-0.39, 0.29) is 0 Å². The average molecular weight is 172 g/mol. The van der Waals surface area contributed by atoms with Crippen LogP contribution in [0.4, 0.5) is 0 Å². The van der Waals surface area contributed by atoms with Crippen molar-refractivity contribution in [1.29, 1.82) is 0 Å². The highest BCUT2D eigenvalue weighted by Gasteiger charge is 2.07. The molecule has 13 heavy (non-hydrogen) atoms. The summed E-state index contributed by atoms with van der Waals surface area (Å²) < 4.78 is 5.10. The van der Waals surface area contributed by atoms with Crippen LogP contribution in [-0.2, 0) is 0 Å². The standard InChI is InChI=1S/C10H8N2O/c1-2-9-10(12-7-13-9)8-5-3-4-6-11-8/h2-7H,1H2. The van der Waals surface area contributed by atoms with Crippen LogP contribution in [0.15, 0.2) is 41.8 Å². The summed E-state index contributed by atoms with van der Waals surface area (Å²) in [6.45, 7) is 3.63. The van der Waals surface area contributed by atoms with Gasteiger partial charge in [-0.2, -0.15) is 0 Å². The maximum absolute atomic E-state index is 5.10. The first-order valence-electron chi connectivity index (χ1n) is 3.89. The Labute approximate surface area is 75.8 Å². The fourth-order valence-corrected chi connectivity index (χ4v) is 1.10. The number of nitrogens with zero attached hydrogens (tertiary/aromatic N) is 2. The fraction of sp³-hybridized carbons (Fsp3) is 0. The van der Waals surface area contributed by atoms with Gasteiger partial charge in [-0.1, -0.05) is 12.6 Å². The molecule has 3 nitrogen and oxygen atoms in total. The summed E-state index contributed by atoms with van der Waals surface area (Å²) in [6, 6.07) is 5.64. The van der Waals surface area contributed by atoms with Crippen molar-refractivity contribution in [2.24, 2.45) is 0 Å². The molecule has 0 amide bonds. The maximum Gasteiger partial charge on any atom is 0.182 e. The van der Waals surface area contributed by atoms with Crippen LogP contribution in [0.1, 0.15) is 5.76 Å². The van der Waals surface area contributed by atoms with Gasteiger partial charge in [-0.25, -0.2) is 4.98 Å². The number of pyridine rings is 1. The van der Waals surface area contributed by atoms with Crippen molar-refractivity contribution in [3.05, 3.63) is 43.1 Å². The molecule has 0 fully saturated rings. The summed E-state index contributed by atoms with van der Waals surface area (Å²) in [7, 11) is 0. The lowest BCUT2D eigenvalue weighted by Gasteiger charge is -1.94. The van der Waals surface area contributed by atoms with Crippen LogP contribution in [0.3, 0.4) is 0 Å². The molecule has 0 bridgehead atoms. The van der Waals surface area contributed by atoms with E-state index in [1.54, 1.807) is 12.3 Å². The molecule has 0 radical (unpaired) electrons. The van der Waals surface area contributed by atoms with Gasteiger partial charge in [0.05, 0.1) is 5.69 Å². The zero-order valence-electron chi connectivity index (χ0n) is 6.97. The monoisotopic (exact) mass is 172 g/mol. The third-order valence-corrected chi connectivity index (χ3v) is 1.69. The predicted octanol–water partition coefficient (Wildman–Crippen LogP) is 2.38. The second-order valence-corrected chi connectivity index (χ2v) is 2.48. The molecule has 0 saturated carbocycles. The summed E-state index contributed by atoms with van der Waals surface area (Å²) in [5.74, 6) is 0.652. The molecule has 2 rings (SSSR count). The van der Waals surface area contributed by atoms with E-state index in [0.29, 0.717) is 5.76 Å². The molecular formula is C10H8N2O. The first kappa shape index (κ1) is 7.73. The number of aromatic nitrogens is 2. The van der Waals surface area contributed by atoms with Gasteiger partial charge in [0.2, 0.25) is 0 Å². The van der Waals surface area contributed by atoms with Crippen molar-refractivity contribution in [1.82, 2.24) is 9.97 Å². The smallest absolute Gasteiger partial charge is 0.182 e. The molecule has 0 spiro atoms. The second kappa shape index (κ2) is 3.23. The van der Waals surface area contributed by atoms with Crippen LogP contribution < -0.4 is 0 Å². The van der Waals surface area contributed by atoms with Crippen LogP contribution in [0.5, 0.6) is 0 Å². The molecule has 0 unspecified atom stereocenters. The summed E-state index contributed by atoms with van der Waals surface area (Å²) in [5, 5.41) is 0. The molecule has 2 aromatic rings. The third kappa shape index (κ3) is 1.36. The zero-order valence-corrected chi connectivity index (χ0v) is 6.97. The van der Waals surface area contributed by atoms with E-state index < -0.39 is 0 Å². The molecular weight excluding hydrogens is 164 g/mol. The Morgan fingerprint density at radius 3 is 2.92 bits per heavy atom. The van der Waals surface area contributed by atoms with E-state index in [0.717, 1.165) is 11.4 Å². The van der Waals surface area contributed by atoms with E-state index in [4.69, 9.17) is 4.42 Å². The molecule has 64 valence electrons. The lowest BCUT2D eigenvalue weighted by atomic mass is 10.2. The minimum Gasteiger partial charge on any atom is -0.443 e. The van der Waals surface area contributed by atoms with Crippen molar-refractivity contribution in [2.45, 2.75) is 0 Å². The maximum atomic E-state index is 5.10. The van der Waals surface area contributed by atoms with Gasteiger partial charge in [0.25, 0.3) is 0 Å². The molecule has 0 saturated heterocycles. The molecule has 0 aromatic carbocycles. The Hall–Kier alpha value is -1.90. The summed E-state index contributed by atoms with van der Waals surface area (Å²) >= 11 is 0. The zero-order chi connectivity index (χ0) is 9.10. The highest BCUT2D eigenvalue weighted by molar-refractivity contribution is 5.64. The van der Waals surface area contributed by atoms with Gasteiger partial charge < -0.3 is 4.42 Å². The SMILES string of the molecule is C=Cc1ocnc1-c1ccccn1. The molecule has 2 aromatic heterocycles. The predicted molar refractivity (Wildman–Crippen MR) is 49.8 cm³/mol. The van der Waals surface area contributed by atoms with E-state index in [9.17, 15) is 0 Å². The van der Waals surface area contributed by atoms with Crippen LogP contribution in [0.2, 0.25) is 0 Å². The number of hydrogen-bond acceptors (Lipinski definition) is 3. The van der Waals surface area contributed by atoms with Crippen LogP contribution in [-0.4, -0.2) is 9.97 Å². The van der Waals surface area contributed by atoms with E-state index >= 15 is 0 Å². The van der Waals surface area contributed by atoms with Gasteiger partial charge in [0.1, 0.15) is 5.69 Å². The van der Waals surface area contributed by atoms with Crippen molar-refractivity contribution in [2.75, 3.05) is 0 Å². The van der Waals surface area contributed by atoms with Crippen molar-refractivity contribution >= 4 is 6.08 Å². The van der Waals surface area contributed by atoms with E-state index in [1.807, 2.05) is 18.2 Å². The molecule has 0 aliphatic heterocycles. The lowest BCUT2D eigenvalue weighted by Crippen LogP contribution is -1.83. The summed E-state index contributed by atoms with van der Waals surface area (Å²) in [5.41, 5.74) is 1.53. The Balaban J connectivity index is 2.52. The lowest BCUT2D eigenvalue weighted by molar-refractivity contribution is 0.549. The number of oxazole rings is 1. The quantitative estimate of drug-likeness (QED) is 0.698. The Morgan fingerprint density at radius 2 is 2.23 bits per heavy atom. The van der Waals surface area contributed by atoms with Crippen molar-refractivity contribution < 1.29 is 4.42 Å². The minimum atomic E-state index is 0.652. The van der Waals surface area contributed by atoms with Crippen molar-refractivity contribution in [3.8, 4) is 11.4 Å². The number of rotatable bonds is 2. The van der Waals surface area contributed by atoms with E-state index in [1.165, 1.54) is 6.39 Å². The first-order valence-corrected chi connectivity index (χ1v) is 3.89. The first-order chi connectivity index (χ1) is 6.42. The largest absolute Gasteiger partial charge is 0.443 e.